The fourth-order valence-electron chi connectivity index (χ4n) is 1.87. The predicted molar refractivity (Wildman–Crippen MR) is 74.6 cm³/mol. The first kappa shape index (κ1) is 13.8. The van der Waals surface area contributed by atoms with Gasteiger partial charge in [0.05, 0.1) is 0 Å². The van der Waals surface area contributed by atoms with Crippen molar-refractivity contribution in [2.24, 2.45) is 7.05 Å². The topological polar surface area (TPSA) is 45.8 Å². The molecule has 0 aliphatic rings. The summed E-state index contributed by atoms with van der Waals surface area (Å²) >= 11 is 0. The van der Waals surface area contributed by atoms with Crippen molar-refractivity contribution in [3.63, 3.8) is 0 Å². The highest BCUT2D eigenvalue weighted by atomic mass is 19.1. The Bertz CT molecular complexity index is 718. The molecule has 0 unspecified atom stereocenters. The quantitative estimate of drug-likeness (QED) is 0.633. The number of hydrogen-bond donors (Lipinski definition) is 0. The van der Waals surface area contributed by atoms with Gasteiger partial charge in [0.15, 0.2) is 5.78 Å². The van der Waals surface area contributed by atoms with E-state index in [1.807, 2.05) is 6.92 Å². The van der Waals surface area contributed by atoms with Gasteiger partial charge in [-0.3, -0.25) is 4.79 Å². The summed E-state index contributed by atoms with van der Waals surface area (Å²) in [5.74, 6) is -0.574. The summed E-state index contributed by atoms with van der Waals surface area (Å²) in [5, 5.41) is 8.94. The number of rotatable bonds is 3. The molecular weight excluding hydrogens is 255 g/mol. The molecular formula is C16H13FN2O. The van der Waals surface area contributed by atoms with Crippen molar-refractivity contribution in [3.8, 4) is 6.07 Å². The van der Waals surface area contributed by atoms with Crippen molar-refractivity contribution in [2.45, 2.75) is 6.92 Å². The van der Waals surface area contributed by atoms with Gasteiger partial charge in [-0.2, -0.15) is 5.26 Å². The fraction of sp³-hybridized carbons (Fsp3) is 0.125. The number of allylic oxidation sites excluding steroid dienone is 1. The molecule has 100 valence electrons. The molecule has 1 aromatic carbocycles. The monoisotopic (exact) mass is 268 g/mol. The summed E-state index contributed by atoms with van der Waals surface area (Å²) < 4.78 is 14.5. The highest BCUT2D eigenvalue weighted by Crippen LogP contribution is 2.15. The minimum absolute atomic E-state index is 0.202. The Labute approximate surface area is 116 Å². The Kier molecular flexibility index (Phi) is 3.81. The van der Waals surface area contributed by atoms with E-state index >= 15 is 0 Å². The average molecular weight is 268 g/mol. The number of halogens is 1. The number of nitrogens with zero attached hydrogens (tertiary/aromatic N) is 2. The normalized spacial score (nSPS) is 10.7. The van der Waals surface area contributed by atoms with Gasteiger partial charge >= 0.3 is 0 Å². The summed E-state index contributed by atoms with van der Waals surface area (Å²) in [5.41, 5.74) is 2.69. The van der Waals surface area contributed by atoms with Crippen molar-refractivity contribution >= 4 is 11.9 Å². The lowest BCUT2D eigenvalue weighted by Gasteiger charge is -1.98. The zero-order valence-electron chi connectivity index (χ0n) is 11.2. The van der Waals surface area contributed by atoms with Crippen molar-refractivity contribution in [1.29, 1.82) is 5.26 Å². The molecule has 0 aliphatic heterocycles. The van der Waals surface area contributed by atoms with Gasteiger partial charge in [0.1, 0.15) is 17.6 Å². The van der Waals surface area contributed by atoms with Crippen molar-refractivity contribution < 1.29 is 9.18 Å². The number of benzene rings is 1. The molecule has 0 radical (unpaired) electrons. The van der Waals surface area contributed by atoms with Crippen LogP contribution in [0.5, 0.6) is 0 Å². The third kappa shape index (κ3) is 2.67. The SMILES string of the molecule is Cc1c(/C=C/C(=O)c2ccc(F)cc2)cc(C#N)n1C. The maximum atomic E-state index is 12.8. The summed E-state index contributed by atoms with van der Waals surface area (Å²) in [6.07, 6.45) is 3.10. The minimum atomic E-state index is -0.372. The van der Waals surface area contributed by atoms with Crippen molar-refractivity contribution in [2.75, 3.05) is 0 Å². The molecule has 0 fully saturated rings. The summed E-state index contributed by atoms with van der Waals surface area (Å²) in [7, 11) is 1.80. The second kappa shape index (κ2) is 5.54. The molecule has 4 heteroatoms. The van der Waals surface area contributed by atoms with E-state index in [2.05, 4.69) is 6.07 Å². The van der Waals surface area contributed by atoms with Crippen molar-refractivity contribution in [3.05, 3.63) is 64.7 Å². The Morgan fingerprint density at radius 1 is 1.35 bits per heavy atom. The first-order valence-corrected chi connectivity index (χ1v) is 6.07. The molecule has 0 saturated carbocycles. The molecule has 0 aliphatic carbocycles. The Morgan fingerprint density at radius 2 is 2.00 bits per heavy atom. The van der Waals surface area contributed by atoms with Crippen LogP contribution in [0.3, 0.4) is 0 Å². The Hall–Kier alpha value is -2.67. The van der Waals surface area contributed by atoms with Crippen molar-refractivity contribution in [1.82, 2.24) is 4.57 Å². The summed E-state index contributed by atoms with van der Waals surface area (Å²) in [6, 6.07) is 9.21. The van der Waals surface area contributed by atoms with Crippen LogP contribution in [0.4, 0.5) is 4.39 Å². The van der Waals surface area contributed by atoms with E-state index in [1.54, 1.807) is 23.8 Å². The average Bonchev–Trinajstić information content (AvgIpc) is 2.73. The van der Waals surface area contributed by atoms with Gasteiger partial charge in [0.2, 0.25) is 0 Å². The lowest BCUT2D eigenvalue weighted by Crippen LogP contribution is -1.95. The molecule has 3 nitrogen and oxygen atoms in total. The number of hydrogen-bond acceptors (Lipinski definition) is 2. The lowest BCUT2D eigenvalue weighted by molar-refractivity contribution is 0.104. The third-order valence-corrected chi connectivity index (χ3v) is 3.23. The first-order chi connectivity index (χ1) is 9.52. The van der Waals surface area contributed by atoms with E-state index in [0.29, 0.717) is 11.3 Å². The maximum absolute atomic E-state index is 12.8. The van der Waals surface area contributed by atoms with Crippen LogP contribution in [-0.2, 0) is 7.05 Å². The third-order valence-electron chi connectivity index (χ3n) is 3.23. The standard InChI is InChI=1S/C16H13FN2O/c1-11-13(9-15(10-18)19(11)2)5-8-16(20)12-3-6-14(17)7-4-12/h3-9H,1-2H3/b8-5+. The fourth-order valence-corrected chi connectivity index (χ4v) is 1.87. The van der Waals surface area contributed by atoms with Gasteiger partial charge in [-0.05, 0) is 55.0 Å². The number of carbonyl (C=O) groups is 1. The van der Waals surface area contributed by atoms with Gasteiger partial charge in [0.25, 0.3) is 0 Å². The van der Waals surface area contributed by atoms with Crippen LogP contribution in [0.2, 0.25) is 0 Å². The molecule has 0 N–H and O–H groups in total. The second-order valence-electron chi connectivity index (χ2n) is 4.45. The van der Waals surface area contributed by atoms with Crippen LogP contribution in [0.15, 0.2) is 36.4 Å². The Morgan fingerprint density at radius 3 is 2.55 bits per heavy atom. The molecule has 2 rings (SSSR count). The van der Waals surface area contributed by atoms with Gasteiger partial charge < -0.3 is 4.57 Å². The predicted octanol–water partition coefficient (Wildman–Crippen LogP) is 3.24. The van der Waals surface area contributed by atoms with Gasteiger partial charge in [-0.15, -0.1) is 0 Å². The number of aromatic nitrogens is 1. The zero-order chi connectivity index (χ0) is 14.7. The van der Waals surface area contributed by atoms with E-state index in [-0.39, 0.29) is 11.6 Å². The van der Waals surface area contributed by atoms with Gasteiger partial charge in [0, 0.05) is 18.3 Å². The number of nitriles is 1. The maximum Gasteiger partial charge on any atom is 0.185 e. The number of carbonyl (C=O) groups excluding carboxylic acids is 1. The molecule has 2 aromatic rings. The molecule has 0 spiro atoms. The molecule has 0 atom stereocenters. The van der Waals surface area contributed by atoms with Gasteiger partial charge in [-0.1, -0.05) is 0 Å². The minimum Gasteiger partial charge on any atom is -0.339 e. The van der Waals surface area contributed by atoms with E-state index in [1.165, 1.54) is 30.3 Å². The van der Waals surface area contributed by atoms with Crippen LogP contribution in [0.1, 0.15) is 27.3 Å². The molecule has 1 heterocycles. The van der Waals surface area contributed by atoms with Crippen LogP contribution >= 0.6 is 0 Å². The lowest BCUT2D eigenvalue weighted by atomic mass is 10.1. The molecule has 1 aromatic heterocycles. The Balaban J connectivity index is 2.24. The first-order valence-electron chi connectivity index (χ1n) is 6.07. The molecule has 0 saturated heterocycles. The highest BCUT2D eigenvalue weighted by molar-refractivity contribution is 6.06. The van der Waals surface area contributed by atoms with Gasteiger partial charge in [-0.25, -0.2) is 4.39 Å². The van der Waals surface area contributed by atoms with E-state index < -0.39 is 0 Å². The second-order valence-corrected chi connectivity index (χ2v) is 4.45. The van der Waals surface area contributed by atoms with Crippen LogP contribution in [0, 0.1) is 24.1 Å². The van der Waals surface area contributed by atoms with Crippen LogP contribution in [-0.4, -0.2) is 10.4 Å². The van der Waals surface area contributed by atoms with Crippen LogP contribution < -0.4 is 0 Å². The smallest absolute Gasteiger partial charge is 0.185 e. The number of ketones is 1. The van der Waals surface area contributed by atoms with E-state index in [9.17, 15) is 9.18 Å². The molecule has 0 amide bonds. The highest BCUT2D eigenvalue weighted by Gasteiger charge is 2.07. The molecule has 20 heavy (non-hydrogen) atoms. The largest absolute Gasteiger partial charge is 0.339 e. The zero-order valence-corrected chi connectivity index (χ0v) is 11.2. The summed E-state index contributed by atoms with van der Waals surface area (Å²) in [6.45, 7) is 1.88. The molecule has 0 bridgehead atoms. The van der Waals surface area contributed by atoms with Crippen LogP contribution in [0.25, 0.3) is 6.08 Å². The van der Waals surface area contributed by atoms with E-state index in [0.717, 1.165) is 11.3 Å². The van der Waals surface area contributed by atoms with E-state index in [4.69, 9.17) is 5.26 Å². The summed E-state index contributed by atoms with van der Waals surface area (Å²) in [4.78, 5) is 11.9.